The van der Waals surface area contributed by atoms with E-state index in [1.165, 1.54) is 32.1 Å². The Morgan fingerprint density at radius 1 is 0.882 bits per heavy atom. The van der Waals surface area contributed by atoms with Gasteiger partial charge in [0.2, 0.25) is 0 Å². The van der Waals surface area contributed by atoms with Crippen LogP contribution in [0, 0.1) is 17.8 Å². The largest absolute Gasteiger partial charge is 0.481 e. The Kier molecular flexibility index (Phi) is 10.5. The highest BCUT2D eigenvalue weighted by molar-refractivity contribution is 5.67. The summed E-state index contributed by atoms with van der Waals surface area (Å²) in [5.41, 5.74) is 0. The molecule has 0 aromatic heterocycles. The van der Waals surface area contributed by atoms with Crippen molar-refractivity contribution in [1.82, 2.24) is 0 Å². The molecule has 2 saturated heterocycles. The van der Waals surface area contributed by atoms with Crippen LogP contribution in [0.1, 0.15) is 103 Å². The first-order valence-corrected chi connectivity index (χ1v) is 14.0. The van der Waals surface area contributed by atoms with Gasteiger partial charge >= 0.3 is 5.97 Å². The molecule has 0 aromatic carbocycles. The molecule has 2 aliphatic carbocycles. The van der Waals surface area contributed by atoms with Gasteiger partial charge in [-0.1, -0.05) is 32.1 Å². The van der Waals surface area contributed by atoms with E-state index in [1.54, 1.807) is 0 Å². The molecule has 2 heterocycles. The highest BCUT2D eigenvalue weighted by atomic mass is 16.7. The van der Waals surface area contributed by atoms with Gasteiger partial charge in [0.15, 0.2) is 12.6 Å². The number of aliphatic hydroxyl groups excluding tert-OH is 1. The lowest BCUT2D eigenvalue weighted by molar-refractivity contribution is -0.201. The van der Waals surface area contributed by atoms with E-state index in [9.17, 15) is 15.0 Å². The lowest BCUT2D eigenvalue weighted by atomic mass is 9.82. The van der Waals surface area contributed by atoms with Crippen LogP contribution in [0.15, 0.2) is 0 Å². The second-order valence-electron chi connectivity index (χ2n) is 11.1. The first kappa shape index (κ1) is 26.3. The van der Waals surface area contributed by atoms with E-state index >= 15 is 0 Å². The van der Waals surface area contributed by atoms with E-state index in [-0.39, 0.29) is 43.0 Å². The van der Waals surface area contributed by atoms with Crippen LogP contribution < -0.4 is 0 Å². The van der Waals surface area contributed by atoms with E-state index < -0.39 is 12.1 Å². The van der Waals surface area contributed by atoms with E-state index in [1.807, 2.05) is 0 Å². The monoisotopic (exact) mass is 482 g/mol. The molecular formula is C27H46O7. The normalized spacial score (nSPS) is 36.4. The summed E-state index contributed by atoms with van der Waals surface area (Å²) in [6.45, 7) is 1.48. The molecule has 0 aromatic rings. The van der Waals surface area contributed by atoms with E-state index in [2.05, 4.69) is 0 Å². The van der Waals surface area contributed by atoms with E-state index in [0.717, 1.165) is 64.4 Å². The van der Waals surface area contributed by atoms with Gasteiger partial charge in [0.25, 0.3) is 0 Å². The average molecular weight is 483 g/mol. The van der Waals surface area contributed by atoms with Crippen LogP contribution in [-0.2, 0) is 23.7 Å². The van der Waals surface area contributed by atoms with Gasteiger partial charge in [-0.2, -0.15) is 0 Å². The molecule has 7 unspecified atom stereocenters. The van der Waals surface area contributed by atoms with Crippen molar-refractivity contribution in [3.8, 4) is 0 Å². The topological polar surface area (TPSA) is 94.5 Å². The minimum absolute atomic E-state index is 0.00126. The molecular weight excluding hydrogens is 436 g/mol. The Balaban J connectivity index is 1.40. The SMILES string of the molecule is O=C(O)CC1C(O)CC(OC2CCCCO2)C1CCC(CC1CCCCC1)OC1CCCCO1. The van der Waals surface area contributed by atoms with E-state index in [0.29, 0.717) is 18.9 Å². The van der Waals surface area contributed by atoms with Gasteiger partial charge in [0, 0.05) is 25.6 Å². The highest BCUT2D eigenvalue weighted by Gasteiger charge is 2.45. The molecule has 4 aliphatic rings. The third kappa shape index (κ3) is 7.89. The van der Waals surface area contributed by atoms with Crippen LogP contribution in [0.4, 0.5) is 0 Å². The predicted octanol–water partition coefficient (Wildman–Crippen LogP) is 5.03. The third-order valence-electron chi connectivity index (χ3n) is 8.50. The third-order valence-corrected chi connectivity index (χ3v) is 8.50. The Morgan fingerprint density at radius 3 is 2.21 bits per heavy atom. The lowest BCUT2D eigenvalue weighted by Gasteiger charge is -2.33. The molecule has 7 nitrogen and oxygen atoms in total. The first-order chi connectivity index (χ1) is 16.6. The molecule has 0 radical (unpaired) electrons. The number of carboxylic acid groups (broad SMARTS) is 1. The number of hydrogen-bond acceptors (Lipinski definition) is 6. The van der Waals surface area contributed by atoms with Gasteiger partial charge in [-0.3, -0.25) is 4.79 Å². The second-order valence-corrected chi connectivity index (χ2v) is 11.1. The van der Waals surface area contributed by atoms with Crippen LogP contribution in [0.3, 0.4) is 0 Å². The van der Waals surface area contributed by atoms with Crippen LogP contribution in [-0.4, -0.2) is 60.3 Å². The molecule has 2 aliphatic heterocycles. The molecule has 34 heavy (non-hydrogen) atoms. The molecule has 0 amide bonds. The van der Waals surface area contributed by atoms with Crippen molar-refractivity contribution in [2.24, 2.45) is 17.8 Å². The fourth-order valence-electron chi connectivity index (χ4n) is 6.66. The summed E-state index contributed by atoms with van der Waals surface area (Å²) in [4.78, 5) is 11.6. The zero-order chi connectivity index (χ0) is 23.8. The van der Waals surface area contributed by atoms with Crippen molar-refractivity contribution in [2.45, 2.75) is 134 Å². The first-order valence-electron chi connectivity index (χ1n) is 14.0. The Bertz CT molecular complexity index is 576. The number of carbonyl (C=O) groups is 1. The zero-order valence-electron chi connectivity index (χ0n) is 20.8. The quantitative estimate of drug-likeness (QED) is 0.426. The van der Waals surface area contributed by atoms with Crippen LogP contribution in [0.5, 0.6) is 0 Å². The number of aliphatic hydroxyl groups is 1. The molecule has 7 heteroatoms. The summed E-state index contributed by atoms with van der Waals surface area (Å²) in [6, 6.07) is 0. The molecule has 0 bridgehead atoms. The van der Waals surface area contributed by atoms with Gasteiger partial charge in [-0.25, -0.2) is 0 Å². The van der Waals surface area contributed by atoms with Crippen molar-refractivity contribution in [2.75, 3.05) is 13.2 Å². The number of rotatable bonds is 11. The van der Waals surface area contributed by atoms with Crippen molar-refractivity contribution < 1.29 is 34.0 Å². The summed E-state index contributed by atoms with van der Waals surface area (Å²) >= 11 is 0. The van der Waals surface area contributed by atoms with Crippen LogP contribution in [0.2, 0.25) is 0 Å². The van der Waals surface area contributed by atoms with Crippen molar-refractivity contribution >= 4 is 5.97 Å². The summed E-state index contributed by atoms with van der Waals surface area (Å²) in [6.07, 6.45) is 14.9. The smallest absolute Gasteiger partial charge is 0.303 e. The number of carboxylic acids is 1. The number of aliphatic carboxylic acids is 1. The molecule has 196 valence electrons. The fourth-order valence-corrected chi connectivity index (χ4v) is 6.66. The van der Waals surface area contributed by atoms with Crippen LogP contribution in [0.25, 0.3) is 0 Å². The molecule has 4 fully saturated rings. The van der Waals surface area contributed by atoms with Gasteiger partial charge in [0.1, 0.15) is 0 Å². The van der Waals surface area contributed by atoms with Gasteiger partial charge in [-0.05, 0) is 69.6 Å². The predicted molar refractivity (Wildman–Crippen MR) is 127 cm³/mol. The summed E-state index contributed by atoms with van der Waals surface area (Å²) in [7, 11) is 0. The summed E-state index contributed by atoms with van der Waals surface area (Å²) < 4.78 is 24.6. The second kappa shape index (κ2) is 13.5. The number of hydrogen-bond donors (Lipinski definition) is 2. The summed E-state index contributed by atoms with van der Waals surface area (Å²) in [5, 5.41) is 20.3. The Hall–Kier alpha value is -0.730. The Labute approximate surface area is 204 Å². The van der Waals surface area contributed by atoms with Gasteiger partial charge in [-0.15, -0.1) is 0 Å². The Morgan fingerprint density at radius 2 is 1.56 bits per heavy atom. The fraction of sp³-hybridized carbons (Fsp3) is 0.963. The van der Waals surface area contributed by atoms with Gasteiger partial charge in [0.05, 0.1) is 24.7 Å². The van der Waals surface area contributed by atoms with Gasteiger partial charge < -0.3 is 29.2 Å². The van der Waals surface area contributed by atoms with Crippen molar-refractivity contribution in [3.05, 3.63) is 0 Å². The van der Waals surface area contributed by atoms with Crippen molar-refractivity contribution in [3.63, 3.8) is 0 Å². The minimum atomic E-state index is -0.853. The molecule has 7 atom stereocenters. The molecule has 2 saturated carbocycles. The molecule has 4 rings (SSSR count). The maximum atomic E-state index is 11.6. The molecule has 0 spiro atoms. The number of ether oxygens (including phenoxy) is 4. The van der Waals surface area contributed by atoms with Crippen molar-refractivity contribution in [1.29, 1.82) is 0 Å². The van der Waals surface area contributed by atoms with Crippen LogP contribution >= 0.6 is 0 Å². The molecule has 2 N–H and O–H groups in total. The minimum Gasteiger partial charge on any atom is -0.481 e. The standard InChI is InChI=1S/C27H46O7/c28-23-18-24(34-27-11-5-7-15-32-27)21(22(23)17-25(29)30)13-12-20(16-19-8-2-1-3-9-19)33-26-10-4-6-14-31-26/h19-24,26-28H,1-18H2,(H,29,30). The highest BCUT2D eigenvalue weighted by Crippen LogP contribution is 2.42. The average Bonchev–Trinajstić information content (AvgIpc) is 3.12. The maximum Gasteiger partial charge on any atom is 0.303 e. The van der Waals surface area contributed by atoms with E-state index in [4.69, 9.17) is 18.9 Å². The zero-order valence-corrected chi connectivity index (χ0v) is 20.8. The lowest BCUT2D eigenvalue weighted by Crippen LogP contribution is -2.34. The maximum absolute atomic E-state index is 11.6. The summed E-state index contributed by atoms with van der Waals surface area (Å²) in [5.74, 6) is -0.433.